The Morgan fingerprint density at radius 3 is 0.798 bits per heavy atom. The van der Waals surface area contributed by atoms with E-state index in [1.54, 1.807) is 0 Å². The quantitative estimate of drug-likeness (QED) is 0.0330. The van der Waals surface area contributed by atoms with Gasteiger partial charge >= 0.3 is 0 Å². The van der Waals surface area contributed by atoms with Gasteiger partial charge < -0.3 is 40.3 Å². The molecule has 0 aliphatic carbocycles. The molecule has 0 aromatic rings. The Kier molecular flexibility index (Phi) is 67.8. The van der Waals surface area contributed by atoms with E-state index in [4.69, 9.17) is 9.47 Å². The van der Waals surface area contributed by atoms with Gasteiger partial charge in [-0.2, -0.15) is 0 Å². The smallest absolute Gasteiger partial charge is 0.220 e. The maximum Gasteiger partial charge on any atom is 0.220 e. The summed E-state index contributed by atoms with van der Waals surface area (Å²) in [5, 5.41) is 55.1. The molecule has 7 atom stereocenters. The van der Waals surface area contributed by atoms with Gasteiger partial charge in [0, 0.05) is 6.42 Å². The van der Waals surface area contributed by atoms with Crippen molar-refractivity contribution in [1.29, 1.82) is 0 Å². The number of aliphatic hydroxyl groups excluding tert-OH is 5. The van der Waals surface area contributed by atoms with Crippen LogP contribution in [-0.4, -0.2) is 87.5 Å². The molecular formula is C80H159NO8. The molecule has 1 saturated heterocycles. The van der Waals surface area contributed by atoms with Crippen LogP contribution in [0.25, 0.3) is 0 Å². The molecule has 532 valence electrons. The van der Waals surface area contributed by atoms with E-state index in [1.165, 1.54) is 385 Å². The monoisotopic (exact) mass is 1260 g/mol. The van der Waals surface area contributed by atoms with Gasteiger partial charge in [-0.15, -0.1) is 0 Å². The van der Waals surface area contributed by atoms with Crippen LogP contribution < -0.4 is 5.32 Å². The van der Waals surface area contributed by atoms with Crippen LogP contribution in [0.15, 0.2) is 0 Å². The molecule has 89 heavy (non-hydrogen) atoms. The van der Waals surface area contributed by atoms with E-state index in [1.807, 2.05) is 0 Å². The molecule has 0 spiro atoms. The van der Waals surface area contributed by atoms with Gasteiger partial charge in [-0.25, -0.2) is 0 Å². The van der Waals surface area contributed by atoms with Gasteiger partial charge in [0.2, 0.25) is 5.91 Å². The molecule has 1 amide bonds. The molecule has 1 fully saturated rings. The summed E-state index contributed by atoms with van der Waals surface area (Å²) in [6, 6.07) is -0.716. The maximum atomic E-state index is 13.2. The molecule has 1 aliphatic heterocycles. The largest absolute Gasteiger partial charge is 0.394 e. The van der Waals surface area contributed by atoms with Crippen LogP contribution in [0.4, 0.5) is 0 Å². The van der Waals surface area contributed by atoms with E-state index in [2.05, 4.69) is 19.2 Å². The predicted molar refractivity (Wildman–Crippen MR) is 383 cm³/mol. The molecule has 7 unspecified atom stereocenters. The molecule has 0 aromatic carbocycles. The second kappa shape index (κ2) is 70.0. The van der Waals surface area contributed by atoms with Gasteiger partial charge in [-0.1, -0.05) is 431 Å². The zero-order valence-electron chi connectivity index (χ0n) is 60.0. The summed E-state index contributed by atoms with van der Waals surface area (Å²) >= 11 is 0. The topological polar surface area (TPSA) is 149 Å². The van der Waals surface area contributed by atoms with Crippen LogP contribution in [0.3, 0.4) is 0 Å². The minimum atomic E-state index is -1.55. The number of amides is 1. The molecule has 0 saturated carbocycles. The molecule has 9 nitrogen and oxygen atoms in total. The fourth-order valence-corrected chi connectivity index (χ4v) is 13.9. The van der Waals surface area contributed by atoms with E-state index < -0.39 is 49.5 Å². The zero-order valence-corrected chi connectivity index (χ0v) is 60.0. The normalized spacial score (nSPS) is 17.7. The molecule has 1 aliphatic rings. The summed E-state index contributed by atoms with van der Waals surface area (Å²) in [6.07, 6.45) is 83.7. The van der Waals surface area contributed by atoms with Crippen molar-refractivity contribution in [3.8, 4) is 0 Å². The Hall–Kier alpha value is -0.810. The molecule has 0 aromatic heterocycles. The lowest BCUT2D eigenvalue weighted by Gasteiger charge is -2.40. The van der Waals surface area contributed by atoms with Crippen molar-refractivity contribution in [2.45, 2.75) is 493 Å². The third-order valence-electron chi connectivity index (χ3n) is 20.2. The molecule has 1 rings (SSSR count). The van der Waals surface area contributed by atoms with Gasteiger partial charge in [0.05, 0.1) is 25.4 Å². The molecular weight excluding hydrogens is 1100 g/mol. The Balaban J connectivity index is 2.02. The number of carbonyl (C=O) groups is 1. The Bertz CT molecular complexity index is 1370. The van der Waals surface area contributed by atoms with Crippen molar-refractivity contribution >= 4 is 5.91 Å². The summed E-state index contributed by atoms with van der Waals surface area (Å²) in [5.41, 5.74) is 0. The standard InChI is InChI=1S/C80H159NO8/c1-3-5-7-9-11-13-15-17-19-21-23-25-27-29-31-33-34-35-36-37-38-39-40-42-44-46-48-50-52-54-56-58-60-62-64-66-68-70-76(84)81-73(72-88-80-79(87)78(86)77(85)75(71-82)89-80)74(83)69-67-65-63-61-59-57-55-53-51-49-47-45-43-41-32-30-28-26-24-22-20-18-16-14-12-10-8-6-4-2/h73-75,77-80,82-83,85-87H,3-72H2,1-2H3,(H,81,84). The van der Waals surface area contributed by atoms with Crippen LogP contribution in [0.5, 0.6) is 0 Å². The van der Waals surface area contributed by atoms with Gasteiger partial charge in [0.1, 0.15) is 24.4 Å². The third kappa shape index (κ3) is 58.3. The lowest BCUT2D eigenvalue weighted by Crippen LogP contribution is -2.60. The molecule has 0 radical (unpaired) electrons. The second-order valence-electron chi connectivity index (χ2n) is 28.9. The highest BCUT2D eigenvalue weighted by atomic mass is 16.7. The fourth-order valence-electron chi connectivity index (χ4n) is 13.9. The number of hydrogen-bond donors (Lipinski definition) is 6. The predicted octanol–water partition coefficient (Wildman–Crippen LogP) is 23.2. The molecule has 1 heterocycles. The first-order valence-electron chi connectivity index (χ1n) is 40.7. The number of aliphatic hydroxyl groups is 5. The number of unbranched alkanes of at least 4 members (excludes halogenated alkanes) is 64. The summed E-state index contributed by atoms with van der Waals surface area (Å²) in [4.78, 5) is 13.2. The lowest BCUT2D eigenvalue weighted by atomic mass is 9.99. The van der Waals surface area contributed by atoms with E-state index in [0.29, 0.717) is 12.8 Å². The van der Waals surface area contributed by atoms with Crippen LogP contribution in [0, 0.1) is 0 Å². The maximum absolute atomic E-state index is 13.2. The van der Waals surface area contributed by atoms with Gasteiger partial charge in [0.15, 0.2) is 6.29 Å². The Morgan fingerprint density at radius 2 is 0.562 bits per heavy atom. The third-order valence-corrected chi connectivity index (χ3v) is 20.2. The highest BCUT2D eigenvalue weighted by Gasteiger charge is 2.44. The van der Waals surface area contributed by atoms with Crippen molar-refractivity contribution < 1.29 is 39.8 Å². The van der Waals surface area contributed by atoms with Gasteiger partial charge in [-0.3, -0.25) is 4.79 Å². The number of ether oxygens (including phenoxy) is 2. The zero-order chi connectivity index (χ0) is 64.2. The number of carbonyl (C=O) groups excluding carboxylic acids is 1. The van der Waals surface area contributed by atoms with Crippen molar-refractivity contribution in [2.24, 2.45) is 0 Å². The molecule has 0 bridgehead atoms. The van der Waals surface area contributed by atoms with Crippen LogP contribution in [-0.2, 0) is 14.3 Å². The van der Waals surface area contributed by atoms with E-state index in [9.17, 15) is 30.3 Å². The minimum Gasteiger partial charge on any atom is -0.394 e. The van der Waals surface area contributed by atoms with Crippen LogP contribution in [0.2, 0.25) is 0 Å². The van der Waals surface area contributed by atoms with E-state index >= 15 is 0 Å². The average molecular weight is 1260 g/mol. The fraction of sp³-hybridized carbons (Fsp3) is 0.988. The van der Waals surface area contributed by atoms with Crippen LogP contribution >= 0.6 is 0 Å². The summed E-state index contributed by atoms with van der Waals surface area (Å²) < 4.78 is 11.4. The SMILES string of the molecule is CCCCCCCCCCCCCCCCCCCCCCCCCCCCCCCCCCCCCCCC(=O)NC(COC1OC(CO)C(O)C(O)C1O)C(O)CCCCCCCCCCCCCCCCCCCCCCCCCCCCCCC. The van der Waals surface area contributed by atoms with Crippen molar-refractivity contribution in [2.75, 3.05) is 13.2 Å². The van der Waals surface area contributed by atoms with Gasteiger partial charge in [-0.05, 0) is 12.8 Å². The van der Waals surface area contributed by atoms with Crippen molar-refractivity contribution in [3.63, 3.8) is 0 Å². The first kappa shape index (κ1) is 86.2. The molecule has 6 N–H and O–H groups in total. The Labute approximate surface area is 554 Å². The van der Waals surface area contributed by atoms with E-state index in [0.717, 1.165) is 38.5 Å². The molecule has 9 heteroatoms. The summed E-state index contributed by atoms with van der Waals surface area (Å²) in [6.45, 7) is 3.92. The average Bonchev–Trinajstić information content (AvgIpc) is 2.28. The van der Waals surface area contributed by atoms with Crippen LogP contribution in [0.1, 0.15) is 450 Å². The number of nitrogens with one attached hydrogen (secondary N) is 1. The highest BCUT2D eigenvalue weighted by Crippen LogP contribution is 2.25. The summed E-state index contributed by atoms with van der Waals surface area (Å²) in [7, 11) is 0. The summed E-state index contributed by atoms with van der Waals surface area (Å²) in [5.74, 6) is -0.131. The number of hydrogen-bond acceptors (Lipinski definition) is 8. The van der Waals surface area contributed by atoms with E-state index in [-0.39, 0.29) is 12.5 Å². The first-order chi connectivity index (χ1) is 43.8. The van der Waals surface area contributed by atoms with Gasteiger partial charge in [0.25, 0.3) is 0 Å². The Morgan fingerprint density at radius 1 is 0.337 bits per heavy atom. The minimum absolute atomic E-state index is 0.130. The first-order valence-corrected chi connectivity index (χ1v) is 40.7. The number of rotatable bonds is 74. The van der Waals surface area contributed by atoms with Crippen molar-refractivity contribution in [3.05, 3.63) is 0 Å². The lowest BCUT2D eigenvalue weighted by molar-refractivity contribution is -0.302. The highest BCUT2D eigenvalue weighted by molar-refractivity contribution is 5.76. The van der Waals surface area contributed by atoms with Crippen molar-refractivity contribution in [1.82, 2.24) is 5.32 Å². The second-order valence-corrected chi connectivity index (χ2v) is 28.9.